The lowest BCUT2D eigenvalue weighted by Gasteiger charge is -2.21. The van der Waals surface area contributed by atoms with Crippen molar-refractivity contribution in [1.29, 1.82) is 0 Å². The van der Waals surface area contributed by atoms with Crippen molar-refractivity contribution in [1.82, 2.24) is 0 Å². The first-order chi connectivity index (χ1) is 9.08. The van der Waals surface area contributed by atoms with Gasteiger partial charge in [0, 0.05) is 5.92 Å². The SMILES string of the molecule is CC(C)c1ccc(Cl)c(NC(=O)C2CCCCC2)c1. The second-order valence-electron chi connectivity index (χ2n) is 5.72. The second kappa shape index (κ2) is 6.42. The Morgan fingerprint density at radius 2 is 1.95 bits per heavy atom. The van der Waals surface area contributed by atoms with Crippen LogP contribution in [0.2, 0.25) is 5.02 Å². The fourth-order valence-corrected chi connectivity index (χ4v) is 2.76. The summed E-state index contributed by atoms with van der Waals surface area (Å²) in [5, 5.41) is 3.62. The summed E-state index contributed by atoms with van der Waals surface area (Å²) in [6.07, 6.45) is 5.60. The summed E-state index contributed by atoms with van der Waals surface area (Å²) in [5.41, 5.74) is 1.95. The fraction of sp³-hybridized carbons (Fsp3) is 0.562. The van der Waals surface area contributed by atoms with E-state index in [-0.39, 0.29) is 11.8 Å². The zero-order valence-corrected chi connectivity index (χ0v) is 12.5. The smallest absolute Gasteiger partial charge is 0.227 e. The van der Waals surface area contributed by atoms with Gasteiger partial charge in [0.1, 0.15) is 0 Å². The van der Waals surface area contributed by atoms with Gasteiger partial charge >= 0.3 is 0 Å². The maximum absolute atomic E-state index is 12.2. The molecule has 1 N–H and O–H groups in total. The summed E-state index contributed by atoms with van der Waals surface area (Å²) < 4.78 is 0. The van der Waals surface area contributed by atoms with E-state index in [0.717, 1.165) is 31.4 Å². The average Bonchev–Trinajstić information content (AvgIpc) is 2.42. The minimum atomic E-state index is 0.127. The van der Waals surface area contributed by atoms with Crippen molar-refractivity contribution in [2.75, 3.05) is 5.32 Å². The van der Waals surface area contributed by atoms with E-state index in [4.69, 9.17) is 11.6 Å². The van der Waals surface area contributed by atoms with E-state index < -0.39 is 0 Å². The Labute approximate surface area is 120 Å². The molecule has 19 heavy (non-hydrogen) atoms. The lowest BCUT2D eigenvalue weighted by Crippen LogP contribution is -2.24. The monoisotopic (exact) mass is 279 g/mol. The van der Waals surface area contributed by atoms with Crippen LogP contribution >= 0.6 is 11.6 Å². The van der Waals surface area contributed by atoms with Gasteiger partial charge < -0.3 is 5.32 Å². The van der Waals surface area contributed by atoms with Crippen LogP contribution in [-0.2, 0) is 4.79 Å². The van der Waals surface area contributed by atoms with Crippen molar-refractivity contribution in [3.05, 3.63) is 28.8 Å². The minimum absolute atomic E-state index is 0.127. The standard InChI is InChI=1S/C16H22ClNO/c1-11(2)13-8-9-14(17)15(10-13)18-16(19)12-6-4-3-5-7-12/h8-12H,3-7H2,1-2H3,(H,18,19). The molecule has 1 aliphatic rings. The van der Waals surface area contributed by atoms with Crippen LogP contribution in [0.4, 0.5) is 5.69 Å². The molecule has 0 atom stereocenters. The first-order valence-electron chi connectivity index (χ1n) is 7.18. The Hall–Kier alpha value is -1.02. The van der Waals surface area contributed by atoms with Crippen molar-refractivity contribution < 1.29 is 4.79 Å². The van der Waals surface area contributed by atoms with Gasteiger partial charge in [-0.05, 0) is 36.5 Å². The maximum Gasteiger partial charge on any atom is 0.227 e. The molecule has 0 heterocycles. The lowest BCUT2D eigenvalue weighted by molar-refractivity contribution is -0.120. The Bertz CT molecular complexity index is 450. The number of halogens is 1. The molecule has 0 spiro atoms. The van der Waals surface area contributed by atoms with E-state index in [1.807, 2.05) is 18.2 Å². The van der Waals surface area contributed by atoms with E-state index in [1.54, 1.807) is 0 Å². The second-order valence-corrected chi connectivity index (χ2v) is 6.13. The molecule has 104 valence electrons. The fourth-order valence-electron chi connectivity index (χ4n) is 2.60. The van der Waals surface area contributed by atoms with Crippen LogP contribution in [0.15, 0.2) is 18.2 Å². The number of carbonyl (C=O) groups excluding carboxylic acids is 1. The molecule has 1 fully saturated rings. The number of benzene rings is 1. The normalized spacial score (nSPS) is 16.6. The highest BCUT2D eigenvalue weighted by Crippen LogP contribution is 2.29. The summed E-state index contributed by atoms with van der Waals surface area (Å²) in [6, 6.07) is 5.88. The molecule has 1 aromatic rings. The summed E-state index contributed by atoms with van der Waals surface area (Å²) >= 11 is 6.17. The van der Waals surface area contributed by atoms with Gasteiger partial charge in [0.2, 0.25) is 5.91 Å². The Kier molecular flexibility index (Phi) is 4.87. The van der Waals surface area contributed by atoms with Crippen molar-refractivity contribution in [2.24, 2.45) is 5.92 Å². The first kappa shape index (κ1) is 14.4. The van der Waals surface area contributed by atoms with Gasteiger partial charge in [0.05, 0.1) is 10.7 Å². The van der Waals surface area contributed by atoms with Crippen LogP contribution in [0.5, 0.6) is 0 Å². The summed E-state index contributed by atoms with van der Waals surface area (Å²) in [7, 11) is 0. The molecule has 0 radical (unpaired) electrons. The zero-order chi connectivity index (χ0) is 13.8. The van der Waals surface area contributed by atoms with E-state index in [0.29, 0.717) is 10.9 Å². The molecule has 0 aromatic heterocycles. The van der Waals surface area contributed by atoms with Gasteiger partial charge in [0.25, 0.3) is 0 Å². The van der Waals surface area contributed by atoms with Crippen LogP contribution in [0.25, 0.3) is 0 Å². The third kappa shape index (κ3) is 3.73. The van der Waals surface area contributed by atoms with Crippen LogP contribution in [-0.4, -0.2) is 5.91 Å². The molecule has 1 aromatic carbocycles. The van der Waals surface area contributed by atoms with Gasteiger partial charge in [-0.15, -0.1) is 0 Å². The Morgan fingerprint density at radius 3 is 2.58 bits per heavy atom. The molecule has 1 amide bonds. The predicted octanol–water partition coefficient (Wildman–Crippen LogP) is 4.98. The van der Waals surface area contributed by atoms with Crippen molar-refractivity contribution in [2.45, 2.75) is 51.9 Å². The maximum atomic E-state index is 12.2. The molecule has 2 nitrogen and oxygen atoms in total. The lowest BCUT2D eigenvalue weighted by atomic mass is 9.88. The molecule has 0 unspecified atom stereocenters. The average molecular weight is 280 g/mol. The van der Waals surface area contributed by atoms with Crippen LogP contribution in [0.3, 0.4) is 0 Å². The third-order valence-electron chi connectivity index (χ3n) is 3.89. The predicted molar refractivity (Wildman–Crippen MR) is 80.7 cm³/mol. The molecular weight excluding hydrogens is 258 g/mol. The van der Waals surface area contributed by atoms with E-state index >= 15 is 0 Å². The van der Waals surface area contributed by atoms with Gasteiger partial charge in [-0.25, -0.2) is 0 Å². The number of carbonyl (C=O) groups is 1. The van der Waals surface area contributed by atoms with Crippen molar-refractivity contribution in [3.8, 4) is 0 Å². The van der Waals surface area contributed by atoms with Crippen LogP contribution in [0.1, 0.15) is 57.4 Å². The Morgan fingerprint density at radius 1 is 1.26 bits per heavy atom. The number of anilines is 1. The van der Waals surface area contributed by atoms with Crippen LogP contribution < -0.4 is 5.32 Å². The molecule has 0 saturated heterocycles. The van der Waals surface area contributed by atoms with E-state index in [1.165, 1.54) is 12.0 Å². The van der Waals surface area contributed by atoms with Gasteiger partial charge in [0.15, 0.2) is 0 Å². The Balaban J connectivity index is 2.09. The number of hydrogen-bond donors (Lipinski definition) is 1. The highest BCUT2D eigenvalue weighted by Gasteiger charge is 2.21. The van der Waals surface area contributed by atoms with Gasteiger partial charge in [-0.3, -0.25) is 4.79 Å². The minimum Gasteiger partial charge on any atom is -0.325 e. The van der Waals surface area contributed by atoms with Crippen molar-refractivity contribution in [3.63, 3.8) is 0 Å². The molecule has 1 saturated carbocycles. The summed E-state index contributed by atoms with van der Waals surface area (Å²) in [6.45, 7) is 4.27. The molecular formula is C16H22ClNO. The number of amides is 1. The van der Waals surface area contributed by atoms with Crippen LogP contribution in [0, 0.1) is 5.92 Å². The molecule has 2 rings (SSSR count). The molecule has 0 aliphatic heterocycles. The van der Waals surface area contributed by atoms with E-state index in [9.17, 15) is 4.79 Å². The largest absolute Gasteiger partial charge is 0.325 e. The highest BCUT2D eigenvalue weighted by molar-refractivity contribution is 6.33. The number of nitrogens with one attached hydrogen (secondary N) is 1. The quantitative estimate of drug-likeness (QED) is 0.830. The summed E-state index contributed by atoms with van der Waals surface area (Å²) in [4.78, 5) is 12.2. The third-order valence-corrected chi connectivity index (χ3v) is 4.22. The highest BCUT2D eigenvalue weighted by atomic mass is 35.5. The number of rotatable bonds is 3. The summed E-state index contributed by atoms with van der Waals surface area (Å²) in [5.74, 6) is 0.720. The van der Waals surface area contributed by atoms with Gasteiger partial charge in [-0.1, -0.05) is 50.8 Å². The first-order valence-corrected chi connectivity index (χ1v) is 7.56. The number of hydrogen-bond acceptors (Lipinski definition) is 1. The topological polar surface area (TPSA) is 29.1 Å². The molecule has 0 bridgehead atoms. The molecule has 3 heteroatoms. The van der Waals surface area contributed by atoms with Gasteiger partial charge in [-0.2, -0.15) is 0 Å². The van der Waals surface area contributed by atoms with E-state index in [2.05, 4.69) is 19.2 Å². The van der Waals surface area contributed by atoms with Crippen molar-refractivity contribution >= 4 is 23.2 Å². The molecule has 1 aliphatic carbocycles. The zero-order valence-electron chi connectivity index (χ0n) is 11.7.